The van der Waals surface area contributed by atoms with Gasteiger partial charge in [-0.3, -0.25) is 4.79 Å². The molecule has 3 unspecified atom stereocenters. The lowest BCUT2D eigenvalue weighted by Crippen LogP contribution is -2.31. The van der Waals surface area contributed by atoms with Gasteiger partial charge in [-0.15, -0.1) is 0 Å². The summed E-state index contributed by atoms with van der Waals surface area (Å²) >= 11 is 0. The molecule has 7 nitrogen and oxygen atoms in total. The van der Waals surface area contributed by atoms with Crippen molar-refractivity contribution in [3.8, 4) is 0 Å². The van der Waals surface area contributed by atoms with E-state index in [4.69, 9.17) is 0 Å². The van der Waals surface area contributed by atoms with Gasteiger partial charge in [0.05, 0.1) is 23.3 Å². The van der Waals surface area contributed by atoms with Gasteiger partial charge in [-0.05, 0) is 19.9 Å². The van der Waals surface area contributed by atoms with Crippen LogP contribution >= 0.6 is 0 Å². The summed E-state index contributed by atoms with van der Waals surface area (Å²) in [4.78, 5) is 29.5. The number of hydrogen-bond acceptors (Lipinski definition) is 6. The van der Waals surface area contributed by atoms with Gasteiger partial charge in [-0.25, -0.2) is 28.1 Å². The Labute approximate surface area is 201 Å². The average molecular weight is 485 g/mol. The smallest absolute Gasteiger partial charge is 0.266 e. The molecule has 0 radical (unpaired) electrons. The van der Waals surface area contributed by atoms with Gasteiger partial charge in [0.15, 0.2) is 0 Å². The number of rotatable bonds is 5. The molecule has 2 aliphatic rings. The second-order valence-electron chi connectivity index (χ2n) is 9.45. The fourth-order valence-corrected chi connectivity index (χ4v) is 5.21. The van der Waals surface area contributed by atoms with Crippen LogP contribution in [0.3, 0.4) is 0 Å². The monoisotopic (exact) mass is 484 g/mol. The number of pyridine rings is 1. The van der Waals surface area contributed by atoms with Crippen molar-refractivity contribution in [2.24, 2.45) is 11.8 Å². The van der Waals surface area contributed by atoms with Crippen LogP contribution in [-0.2, 0) is 4.79 Å². The Bertz CT molecular complexity index is 1270. The van der Waals surface area contributed by atoms with Crippen molar-refractivity contribution >= 4 is 28.4 Å². The molecule has 35 heavy (non-hydrogen) atoms. The first-order valence-electron chi connectivity index (χ1n) is 11.7. The highest BCUT2D eigenvalue weighted by molar-refractivity contribution is 5.90. The van der Waals surface area contributed by atoms with Crippen LogP contribution in [0, 0.1) is 24.6 Å². The molecule has 1 amide bonds. The quantitative estimate of drug-likeness (QED) is 0.575. The standard InChI is InChI=1S/C25H27F3N6O/c1-13(18-5-4-6-19(23(18)26)24(27)28)30-25-20-7-22(29-8-21(20)31-14(2)32-25)34-11-16-9-33(15(3)35)10-17(16)12-34/h4-8,13,16-17,24H,9-12H2,1-3H3,(H,30,31,32). The van der Waals surface area contributed by atoms with E-state index >= 15 is 0 Å². The summed E-state index contributed by atoms with van der Waals surface area (Å²) in [6.07, 6.45) is -1.19. The maximum Gasteiger partial charge on any atom is 0.266 e. The number of benzene rings is 1. The zero-order chi connectivity index (χ0) is 24.9. The minimum atomic E-state index is -2.89. The number of hydrogen-bond donors (Lipinski definition) is 1. The Morgan fingerprint density at radius 1 is 1.11 bits per heavy atom. The maximum absolute atomic E-state index is 14.7. The highest BCUT2D eigenvalue weighted by atomic mass is 19.3. The first-order chi connectivity index (χ1) is 16.7. The molecule has 3 atom stereocenters. The number of nitrogens with zero attached hydrogens (tertiary/aromatic N) is 5. The normalized spacial score (nSPS) is 20.5. The Morgan fingerprint density at radius 3 is 2.46 bits per heavy atom. The number of amides is 1. The Balaban J connectivity index is 1.42. The maximum atomic E-state index is 14.7. The topological polar surface area (TPSA) is 74.2 Å². The van der Waals surface area contributed by atoms with Crippen molar-refractivity contribution in [3.63, 3.8) is 0 Å². The molecule has 10 heteroatoms. The fraction of sp³-hybridized carbons (Fsp3) is 0.440. The lowest BCUT2D eigenvalue weighted by Gasteiger charge is -2.22. The summed E-state index contributed by atoms with van der Waals surface area (Å²) in [5.74, 6) is 1.82. The molecule has 4 heterocycles. The van der Waals surface area contributed by atoms with E-state index in [0.717, 1.165) is 43.4 Å². The van der Waals surface area contributed by atoms with Crippen molar-refractivity contribution in [2.75, 3.05) is 36.4 Å². The van der Waals surface area contributed by atoms with Crippen LogP contribution in [0.2, 0.25) is 0 Å². The third-order valence-electron chi connectivity index (χ3n) is 7.05. The van der Waals surface area contributed by atoms with E-state index in [1.165, 1.54) is 12.1 Å². The van der Waals surface area contributed by atoms with Crippen molar-refractivity contribution in [3.05, 3.63) is 53.2 Å². The summed E-state index contributed by atoms with van der Waals surface area (Å²) in [6.45, 7) is 8.22. The number of anilines is 2. The van der Waals surface area contributed by atoms with Crippen molar-refractivity contribution in [1.82, 2.24) is 19.9 Å². The summed E-state index contributed by atoms with van der Waals surface area (Å²) in [5.41, 5.74) is 0.165. The number of carbonyl (C=O) groups is 1. The molecule has 2 aliphatic heterocycles. The largest absolute Gasteiger partial charge is 0.363 e. The second-order valence-corrected chi connectivity index (χ2v) is 9.45. The average Bonchev–Trinajstić information content (AvgIpc) is 3.38. The molecule has 1 N–H and O–H groups in total. The third kappa shape index (κ3) is 4.37. The Kier molecular flexibility index (Phi) is 5.98. The van der Waals surface area contributed by atoms with Gasteiger partial charge >= 0.3 is 0 Å². The second kappa shape index (κ2) is 8.98. The molecule has 3 aromatic rings. The van der Waals surface area contributed by atoms with Crippen LogP contribution in [0.5, 0.6) is 0 Å². The Hall–Kier alpha value is -3.43. The lowest BCUT2D eigenvalue weighted by molar-refractivity contribution is -0.128. The molecule has 5 rings (SSSR count). The van der Waals surface area contributed by atoms with Gasteiger partial charge in [0.2, 0.25) is 5.91 Å². The molecule has 0 aliphatic carbocycles. The number of alkyl halides is 2. The van der Waals surface area contributed by atoms with Crippen molar-refractivity contribution in [2.45, 2.75) is 33.2 Å². The van der Waals surface area contributed by atoms with E-state index in [9.17, 15) is 18.0 Å². The van der Waals surface area contributed by atoms with Gasteiger partial charge in [-0.2, -0.15) is 0 Å². The molecular weight excluding hydrogens is 457 g/mol. The minimum absolute atomic E-state index is 0.114. The summed E-state index contributed by atoms with van der Waals surface area (Å²) in [7, 11) is 0. The number of likely N-dealkylation sites (tertiary alicyclic amines) is 1. The molecule has 184 valence electrons. The van der Waals surface area contributed by atoms with E-state index in [-0.39, 0.29) is 11.5 Å². The van der Waals surface area contributed by atoms with E-state index in [2.05, 4.69) is 25.2 Å². The number of aromatic nitrogens is 3. The lowest BCUT2D eigenvalue weighted by atomic mass is 10.0. The zero-order valence-corrected chi connectivity index (χ0v) is 19.8. The van der Waals surface area contributed by atoms with E-state index in [1.54, 1.807) is 27.0 Å². The molecule has 0 saturated carbocycles. The Morgan fingerprint density at radius 2 is 1.80 bits per heavy atom. The first kappa shape index (κ1) is 23.3. The molecule has 0 bridgehead atoms. The molecule has 0 spiro atoms. The van der Waals surface area contributed by atoms with Crippen LogP contribution in [0.25, 0.3) is 10.9 Å². The summed E-state index contributed by atoms with van der Waals surface area (Å²) in [6, 6.07) is 5.33. The number of nitrogens with one attached hydrogen (secondary N) is 1. The summed E-state index contributed by atoms with van der Waals surface area (Å²) < 4.78 is 41.1. The van der Waals surface area contributed by atoms with Crippen LogP contribution < -0.4 is 10.2 Å². The van der Waals surface area contributed by atoms with Gasteiger partial charge in [-0.1, -0.05) is 18.2 Å². The van der Waals surface area contributed by atoms with Gasteiger partial charge in [0.1, 0.15) is 23.3 Å². The van der Waals surface area contributed by atoms with Crippen LogP contribution in [0.15, 0.2) is 30.5 Å². The fourth-order valence-electron chi connectivity index (χ4n) is 5.21. The van der Waals surface area contributed by atoms with Gasteiger partial charge in [0.25, 0.3) is 6.43 Å². The number of carbonyl (C=O) groups excluding carboxylic acids is 1. The zero-order valence-electron chi connectivity index (χ0n) is 19.8. The number of aryl methyl sites for hydroxylation is 1. The van der Waals surface area contributed by atoms with E-state index in [1.807, 2.05) is 11.0 Å². The van der Waals surface area contributed by atoms with Crippen LogP contribution in [-0.4, -0.2) is 51.9 Å². The van der Waals surface area contributed by atoms with Crippen molar-refractivity contribution in [1.29, 1.82) is 0 Å². The van der Waals surface area contributed by atoms with Gasteiger partial charge < -0.3 is 15.1 Å². The van der Waals surface area contributed by atoms with Crippen molar-refractivity contribution < 1.29 is 18.0 Å². The van der Waals surface area contributed by atoms with E-state index in [0.29, 0.717) is 29.0 Å². The summed E-state index contributed by atoms with van der Waals surface area (Å²) in [5, 5.41) is 3.92. The minimum Gasteiger partial charge on any atom is -0.363 e. The third-order valence-corrected chi connectivity index (χ3v) is 7.05. The highest BCUT2D eigenvalue weighted by Gasteiger charge is 2.41. The van der Waals surface area contributed by atoms with Crippen LogP contribution in [0.4, 0.5) is 24.8 Å². The predicted molar refractivity (Wildman–Crippen MR) is 127 cm³/mol. The first-order valence-corrected chi connectivity index (χ1v) is 11.7. The molecule has 2 aromatic heterocycles. The molecule has 2 fully saturated rings. The molecule has 2 saturated heterocycles. The number of fused-ring (bicyclic) bond motifs is 2. The van der Waals surface area contributed by atoms with Gasteiger partial charge in [0, 0.05) is 55.9 Å². The number of halogens is 3. The predicted octanol–water partition coefficient (Wildman–Crippen LogP) is 4.50. The van der Waals surface area contributed by atoms with E-state index < -0.39 is 23.8 Å². The SMILES string of the molecule is CC(=O)N1CC2CN(c3cc4c(NC(C)c5cccc(C(F)F)c5F)nc(C)nc4cn3)CC2C1. The highest BCUT2D eigenvalue weighted by Crippen LogP contribution is 2.35. The van der Waals surface area contributed by atoms with Crippen LogP contribution in [0.1, 0.15) is 43.3 Å². The molecular formula is C25H27F3N6O. The molecule has 1 aromatic carbocycles.